The smallest absolute Gasteiger partial charge is 0.337 e. The molecule has 0 aromatic rings. The van der Waals surface area contributed by atoms with Crippen LogP contribution in [0.4, 0.5) is 0 Å². The second-order valence-corrected chi connectivity index (χ2v) is 5.77. The SMILES string of the molecule is COC(=O)C1(O)CC(C)(C)NC(C)(C)C1. The fourth-order valence-corrected chi connectivity index (χ4v) is 2.86. The summed E-state index contributed by atoms with van der Waals surface area (Å²) in [4.78, 5) is 11.6. The number of nitrogens with one attached hydrogen (secondary N) is 1. The van der Waals surface area contributed by atoms with Gasteiger partial charge in [0.1, 0.15) is 0 Å². The van der Waals surface area contributed by atoms with Crippen LogP contribution in [0.2, 0.25) is 0 Å². The van der Waals surface area contributed by atoms with Crippen molar-refractivity contribution in [2.24, 2.45) is 0 Å². The number of methoxy groups -OCH3 is 1. The molecular formula is C11H21NO3. The highest BCUT2D eigenvalue weighted by atomic mass is 16.5. The largest absolute Gasteiger partial charge is 0.467 e. The van der Waals surface area contributed by atoms with Gasteiger partial charge in [-0.05, 0) is 27.7 Å². The van der Waals surface area contributed by atoms with Crippen LogP contribution in [0, 0.1) is 0 Å². The second-order valence-electron chi connectivity index (χ2n) is 5.77. The van der Waals surface area contributed by atoms with Crippen molar-refractivity contribution in [1.82, 2.24) is 5.32 Å². The Bertz CT molecular complexity index is 255. The molecular weight excluding hydrogens is 194 g/mol. The van der Waals surface area contributed by atoms with Gasteiger partial charge in [-0.1, -0.05) is 0 Å². The van der Waals surface area contributed by atoms with Crippen LogP contribution in [-0.4, -0.2) is 34.9 Å². The van der Waals surface area contributed by atoms with Crippen molar-refractivity contribution in [2.45, 2.75) is 57.2 Å². The highest BCUT2D eigenvalue weighted by Crippen LogP contribution is 2.36. The number of carbonyl (C=O) groups excluding carboxylic acids is 1. The Morgan fingerprint density at radius 3 is 1.93 bits per heavy atom. The number of piperidine rings is 1. The lowest BCUT2D eigenvalue weighted by Crippen LogP contribution is -2.65. The Morgan fingerprint density at radius 2 is 1.60 bits per heavy atom. The number of carbonyl (C=O) groups is 1. The second kappa shape index (κ2) is 3.46. The molecule has 1 aliphatic rings. The maximum Gasteiger partial charge on any atom is 0.337 e. The Morgan fingerprint density at radius 1 is 1.20 bits per heavy atom. The van der Waals surface area contributed by atoms with Crippen molar-refractivity contribution in [1.29, 1.82) is 0 Å². The molecule has 1 rings (SSSR count). The van der Waals surface area contributed by atoms with Crippen LogP contribution in [-0.2, 0) is 9.53 Å². The Hall–Kier alpha value is -0.610. The molecule has 15 heavy (non-hydrogen) atoms. The third-order valence-corrected chi connectivity index (χ3v) is 2.71. The quantitative estimate of drug-likeness (QED) is 0.636. The highest BCUT2D eigenvalue weighted by Gasteiger charge is 2.51. The van der Waals surface area contributed by atoms with Crippen LogP contribution < -0.4 is 5.32 Å². The van der Waals surface area contributed by atoms with Crippen LogP contribution in [0.5, 0.6) is 0 Å². The van der Waals surface area contributed by atoms with E-state index in [-0.39, 0.29) is 11.1 Å². The monoisotopic (exact) mass is 215 g/mol. The maximum atomic E-state index is 11.6. The van der Waals surface area contributed by atoms with Crippen molar-refractivity contribution >= 4 is 5.97 Å². The summed E-state index contributed by atoms with van der Waals surface area (Å²) in [7, 11) is 1.31. The summed E-state index contributed by atoms with van der Waals surface area (Å²) < 4.78 is 4.66. The molecule has 2 N–H and O–H groups in total. The van der Waals surface area contributed by atoms with Gasteiger partial charge in [0.2, 0.25) is 0 Å². The number of hydrogen-bond donors (Lipinski definition) is 2. The molecule has 0 amide bonds. The van der Waals surface area contributed by atoms with Crippen molar-refractivity contribution in [3.8, 4) is 0 Å². The van der Waals surface area contributed by atoms with E-state index >= 15 is 0 Å². The minimum absolute atomic E-state index is 0.273. The number of rotatable bonds is 1. The lowest BCUT2D eigenvalue weighted by molar-refractivity contribution is -0.172. The van der Waals surface area contributed by atoms with E-state index in [1.54, 1.807) is 0 Å². The van der Waals surface area contributed by atoms with Crippen LogP contribution in [0.25, 0.3) is 0 Å². The van der Waals surface area contributed by atoms with Crippen LogP contribution in [0.3, 0.4) is 0 Å². The first-order chi connectivity index (χ1) is 6.60. The molecule has 1 saturated heterocycles. The van der Waals surface area contributed by atoms with Crippen molar-refractivity contribution in [2.75, 3.05) is 7.11 Å². The summed E-state index contributed by atoms with van der Waals surface area (Å²) in [6.45, 7) is 7.90. The Labute approximate surface area is 91.0 Å². The van der Waals surface area contributed by atoms with Crippen molar-refractivity contribution in [3.05, 3.63) is 0 Å². The molecule has 88 valence electrons. The molecule has 0 atom stereocenters. The highest BCUT2D eigenvalue weighted by molar-refractivity contribution is 5.79. The van der Waals surface area contributed by atoms with E-state index in [2.05, 4.69) is 10.1 Å². The Kier molecular flexibility index (Phi) is 2.87. The normalized spacial score (nSPS) is 27.1. The summed E-state index contributed by atoms with van der Waals surface area (Å²) in [5.74, 6) is -0.537. The molecule has 1 fully saturated rings. The van der Waals surface area contributed by atoms with Gasteiger partial charge in [-0.3, -0.25) is 0 Å². The van der Waals surface area contributed by atoms with Gasteiger partial charge in [0.15, 0.2) is 5.60 Å². The fraction of sp³-hybridized carbons (Fsp3) is 0.909. The number of aliphatic hydroxyl groups is 1. The van der Waals surface area contributed by atoms with E-state index in [1.165, 1.54) is 7.11 Å². The lowest BCUT2D eigenvalue weighted by atomic mass is 9.73. The molecule has 4 heteroatoms. The summed E-state index contributed by atoms with van der Waals surface area (Å²) in [5, 5.41) is 13.7. The first-order valence-corrected chi connectivity index (χ1v) is 5.20. The molecule has 1 aliphatic heterocycles. The van der Waals surface area contributed by atoms with E-state index < -0.39 is 11.6 Å². The number of esters is 1. The molecule has 0 bridgehead atoms. The molecule has 0 aromatic heterocycles. The van der Waals surface area contributed by atoms with Gasteiger partial charge in [0, 0.05) is 23.9 Å². The van der Waals surface area contributed by atoms with Crippen LogP contribution >= 0.6 is 0 Å². The molecule has 0 spiro atoms. The van der Waals surface area contributed by atoms with E-state index in [0.717, 1.165) is 0 Å². The minimum atomic E-state index is -1.37. The van der Waals surface area contributed by atoms with Crippen molar-refractivity contribution < 1.29 is 14.6 Å². The van der Waals surface area contributed by atoms with Gasteiger partial charge in [0.05, 0.1) is 7.11 Å². The average Bonchev–Trinajstić information content (AvgIpc) is 1.95. The molecule has 0 aromatic carbocycles. The molecule has 4 nitrogen and oxygen atoms in total. The average molecular weight is 215 g/mol. The first kappa shape index (κ1) is 12.5. The van der Waals surface area contributed by atoms with Gasteiger partial charge in [-0.25, -0.2) is 4.79 Å². The summed E-state index contributed by atoms with van der Waals surface area (Å²) in [6, 6.07) is 0. The van der Waals surface area contributed by atoms with Crippen LogP contribution in [0.15, 0.2) is 0 Å². The van der Waals surface area contributed by atoms with Crippen molar-refractivity contribution in [3.63, 3.8) is 0 Å². The molecule has 0 unspecified atom stereocenters. The molecule has 0 aliphatic carbocycles. The third-order valence-electron chi connectivity index (χ3n) is 2.71. The van der Waals surface area contributed by atoms with Gasteiger partial charge in [-0.15, -0.1) is 0 Å². The van der Waals surface area contributed by atoms with Crippen LogP contribution in [0.1, 0.15) is 40.5 Å². The standard InChI is InChI=1S/C11H21NO3/c1-9(2)6-11(14,8(13)15-5)7-10(3,4)12-9/h12,14H,6-7H2,1-5H3. The number of hydrogen-bond acceptors (Lipinski definition) is 4. The topological polar surface area (TPSA) is 58.6 Å². The van der Waals surface area contributed by atoms with E-state index in [1.807, 2.05) is 27.7 Å². The number of ether oxygens (including phenoxy) is 1. The fourth-order valence-electron chi connectivity index (χ4n) is 2.86. The third kappa shape index (κ3) is 2.69. The van der Waals surface area contributed by atoms with Gasteiger partial charge in [0.25, 0.3) is 0 Å². The first-order valence-electron chi connectivity index (χ1n) is 5.20. The molecule has 0 radical (unpaired) electrons. The summed E-state index contributed by atoms with van der Waals surface area (Å²) in [5.41, 5.74) is -1.91. The van der Waals surface area contributed by atoms with Gasteiger partial charge < -0.3 is 15.2 Å². The lowest BCUT2D eigenvalue weighted by Gasteiger charge is -2.49. The Balaban J connectivity index is 2.97. The zero-order valence-corrected chi connectivity index (χ0v) is 10.2. The summed E-state index contributed by atoms with van der Waals surface area (Å²) >= 11 is 0. The predicted octanol–water partition coefficient (Wildman–Crippen LogP) is 0.831. The van der Waals surface area contributed by atoms with Gasteiger partial charge >= 0.3 is 5.97 Å². The summed E-state index contributed by atoms with van der Waals surface area (Å²) in [6.07, 6.45) is 0.742. The minimum Gasteiger partial charge on any atom is -0.467 e. The molecule has 0 saturated carbocycles. The van der Waals surface area contributed by atoms with E-state index in [0.29, 0.717) is 12.8 Å². The predicted molar refractivity (Wildman–Crippen MR) is 57.5 cm³/mol. The maximum absolute atomic E-state index is 11.6. The van der Waals surface area contributed by atoms with E-state index in [4.69, 9.17) is 0 Å². The zero-order chi connectivity index (χ0) is 11.9. The van der Waals surface area contributed by atoms with Gasteiger partial charge in [-0.2, -0.15) is 0 Å². The molecule has 1 heterocycles. The van der Waals surface area contributed by atoms with E-state index in [9.17, 15) is 9.90 Å². The zero-order valence-electron chi connectivity index (χ0n) is 10.2.